The first-order chi connectivity index (χ1) is 10.6. The zero-order valence-corrected chi connectivity index (χ0v) is 13.5. The summed E-state index contributed by atoms with van der Waals surface area (Å²) in [6.45, 7) is 4.19. The summed E-state index contributed by atoms with van der Waals surface area (Å²) < 4.78 is 1.52. The van der Waals surface area contributed by atoms with Crippen molar-refractivity contribution in [2.24, 2.45) is 0 Å². The topological polar surface area (TPSA) is 94.0 Å². The van der Waals surface area contributed by atoms with Crippen molar-refractivity contribution in [2.75, 3.05) is 5.84 Å². The average molecular weight is 320 g/mol. The molecule has 0 fully saturated rings. The fourth-order valence-electron chi connectivity index (χ4n) is 2.32. The SMILES string of the molecule is CCC(CC)c1nnc(SCc2ccccc2C(=O)O)n1N. The van der Waals surface area contributed by atoms with Crippen molar-refractivity contribution in [2.45, 2.75) is 43.5 Å². The van der Waals surface area contributed by atoms with Crippen LogP contribution in [0.4, 0.5) is 0 Å². The molecule has 3 N–H and O–H groups in total. The standard InChI is InChI=1S/C15H20N4O2S/c1-3-10(4-2)13-17-18-15(19(13)16)22-9-11-7-5-6-8-12(11)14(20)21/h5-8,10H,3-4,9,16H2,1-2H3,(H,20,21). The van der Waals surface area contributed by atoms with E-state index >= 15 is 0 Å². The molecule has 0 aliphatic rings. The van der Waals surface area contributed by atoms with E-state index in [9.17, 15) is 9.90 Å². The second kappa shape index (κ2) is 7.31. The summed E-state index contributed by atoms with van der Waals surface area (Å²) >= 11 is 1.39. The van der Waals surface area contributed by atoms with Crippen LogP contribution in [0.25, 0.3) is 0 Å². The van der Waals surface area contributed by atoms with Gasteiger partial charge in [0.25, 0.3) is 0 Å². The fraction of sp³-hybridized carbons (Fsp3) is 0.400. The number of carboxylic acids is 1. The maximum atomic E-state index is 11.2. The maximum Gasteiger partial charge on any atom is 0.335 e. The number of hydrogen-bond donors (Lipinski definition) is 2. The van der Waals surface area contributed by atoms with E-state index in [2.05, 4.69) is 24.0 Å². The number of nitrogen functional groups attached to an aromatic ring is 1. The molecular formula is C15H20N4O2S. The third kappa shape index (κ3) is 3.41. The summed E-state index contributed by atoms with van der Waals surface area (Å²) in [4.78, 5) is 11.2. The predicted octanol–water partition coefficient (Wildman–Crippen LogP) is 2.89. The highest BCUT2D eigenvalue weighted by molar-refractivity contribution is 7.98. The van der Waals surface area contributed by atoms with Crippen LogP contribution in [0.2, 0.25) is 0 Å². The summed E-state index contributed by atoms with van der Waals surface area (Å²) in [6, 6.07) is 6.94. The van der Waals surface area contributed by atoms with Crippen LogP contribution in [0.15, 0.2) is 29.4 Å². The Balaban J connectivity index is 2.15. The van der Waals surface area contributed by atoms with Crippen molar-refractivity contribution in [3.05, 3.63) is 41.2 Å². The van der Waals surface area contributed by atoms with E-state index in [1.807, 2.05) is 6.07 Å². The molecule has 6 nitrogen and oxygen atoms in total. The fourth-order valence-corrected chi connectivity index (χ4v) is 3.18. The van der Waals surface area contributed by atoms with Gasteiger partial charge >= 0.3 is 5.97 Å². The summed E-state index contributed by atoms with van der Waals surface area (Å²) in [5.41, 5.74) is 1.05. The van der Waals surface area contributed by atoms with Crippen LogP contribution in [-0.4, -0.2) is 25.9 Å². The summed E-state index contributed by atoms with van der Waals surface area (Å²) in [7, 11) is 0. The highest BCUT2D eigenvalue weighted by Gasteiger charge is 2.18. The van der Waals surface area contributed by atoms with Gasteiger partial charge in [0.1, 0.15) is 0 Å². The van der Waals surface area contributed by atoms with Crippen LogP contribution in [0.1, 0.15) is 54.4 Å². The lowest BCUT2D eigenvalue weighted by molar-refractivity contribution is 0.0696. The first-order valence-corrected chi connectivity index (χ1v) is 8.21. The van der Waals surface area contributed by atoms with Gasteiger partial charge in [0.05, 0.1) is 5.56 Å². The maximum absolute atomic E-state index is 11.2. The normalized spacial score (nSPS) is 11.0. The zero-order chi connectivity index (χ0) is 16.1. The van der Waals surface area contributed by atoms with Crippen LogP contribution < -0.4 is 5.84 Å². The molecule has 118 valence electrons. The van der Waals surface area contributed by atoms with Gasteiger partial charge in [0.2, 0.25) is 5.16 Å². The Hall–Kier alpha value is -2.02. The number of aromatic carboxylic acids is 1. The number of thioether (sulfide) groups is 1. The zero-order valence-electron chi connectivity index (χ0n) is 12.7. The van der Waals surface area contributed by atoms with Crippen LogP contribution in [0, 0.1) is 0 Å². The molecule has 0 saturated heterocycles. The van der Waals surface area contributed by atoms with E-state index in [4.69, 9.17) is 5.84 Å². The van der Waals surface area contributed by atoms with Gasteiger partial charge < -0.3 is 10.9 Å². The Morgan fingerprint density at radius 1 is 1.32 bits per heavy atom. The Kier molecular flexibility index (Phi) is 5.43. The van der Waals surface area contributed by atoms with Gasteiger partial charge in [-0.1, -0.05) is 43.8 Å². The monoisotopic (exact) mass is 320 g/mol. The second-order valence-corrected chi connectivity index (χ2v) is 5.92. The minimum absolute atomic E-state index is 0.290. The van der Waals surface area contributed by atoms with Crippen molar-refractivity contribution in [1.29, 1.82) is 0 Å². The molecular weight excluding hydrogens is 300 g/mol. The summed E-state index contributed by atoms with van der Waals surface area (Å²) in [6.07, 6.45) is 1.91. The Labute approximate surface area is 133 Å². The molecule has 0 aliphatic heterocycles. The van der Waals surface area contributed by atoms with Gasteiger partial charge in [-0.25, -0.2) is 9.47 Å². The molecule has 0 atom stereocenters. The highest BCUT2D eigenvalue weighted by atomic mass is 32.2. The Bertz CT molecular complexity index is 653. The molecule has 1 aromatic heterocycles. The number of nitrogens with zero attached hydrogens (tertiary/aromatic N) is 3. The molecule has 0 amide bonds. The quantitative estimate of drug-likeness (QED) is 0.602. The molecule has 0 saturated carbocycles. The van der Waals surface area contributed by atoms with Crippen molar-refractivity contribution < 1.29 is 9.90 Å². The molecule has 22 heavy (non-hydrogen) atoms. The molecule has 1 heterocycles. The number of carbonyl (C=O) groups is 1. The van der Waals surface area contributed by atoms with E-state index in [-0.39, 0.29) is 5.92 Å². The van der Waals surface area contributed by atoms with Crippen LogP contribution in [0.5, 0.6) is 0 Å². The minimum atomic E-state index is -0.928. The van der Waals surface area contributed by atoms with Gasteiger partial charge in [-0.3, -0.25) is 0 Å². The number of benzene rings is 1. The number of nitrogens with two attached hydrogens (primary N) is 1. The molecule has 0 aliphatic carbocycles. The van der Waals surface area contributed by atoms with E-state index < -0.39 is 5.97 Å². The second-order valence-electron chi connectivity index (χ2n) is 4.98. The number of carboxylic acid groups (broad SMARTS) is 1. The van der Waals surface area contributed by atoms with Crippen molar-refractivity contribution in [3.8, 4) is 0 Å². The lowest BCUT2D eigenvalue weighted by Crippen LogP contribution is -2.16. The first kappa shape index (κ1) is 16.4. The van der Waals surface area contributed by atoms with Gasteiger partial charge in [-0.15, -0.1) is 10.2 Å². The van der Waals surface area contributed by atoms with Crippen molar-refractivity contribution in [1.82, 2.24) is 14.9 Å². The molecule has 0 unspecified atom stereocenters. The Morgan fingerprint density at radius 2 is 2.00 bits per heavy atom. The van der Waals surface area contributed by atoms with E-state index in [1.165, 1.54) is 16.4 Å². The Morgan fingerprint density at radius 3 is 2.64 bits per heavy atom. The van der Waals surface area contributed by atoms with Gasteiger partial charge in [-0.05, 0) is 24.5 Å². The number of rotatable bonds is 7. The molecule has 0 radical (unpaired) electrons. The highest BCUT2D eigenvalue weighted by Crippen LogP contribution is 2.26. The number of hydrogen-bond acceptors (Lipinski definition) is 5. The lowest BCUT2D eigenvalue weighted by atomic mass is 10.0. The predicted molar refractivity (Wildman–Crippen MR) is 86.5 cm³/mol. The average Bonchev–Trinajstić information content (AvgIpc) is 2.88. The van der Waals surface area contributed by atoms with Gasteiger partial charge in [0, 0.05) is 11.7 Å². The van der Waals surface area contributed by atoms with E-state index in [0.717, 1.165) is 24.2 Å². The van der Waals surface area contributed by atoms with Crippen molar-refractivity contribution >= 4 is 17.7 Å². The molecule has 7 heteroatoms. The van der Waals surface area contributed by atoms with Gasteiger partial charge in [-0.2, -0.15) is 0 Å². The first-order valence-electron chi connectivity index (χ1n) is 7.22. The summed E-state index contributed by atoms with van der Waals surface area (Å²) in [5, 5.41) is 18.1. The summed E-state index contributed by atoms with van der Waals surface area (Å²) in [5.74, 6) is 6.70. The molecule has 0 bridgehead atoms. The minimum Gasteiger partial charge on any atom is -0.478 e. The largest absolute Gasteiger partial charge is 0.478 e. The van der Waals surface area contributed by atoms with Crippen LogP contribution in [0.3, 0.4) is 0 Å². The van der Waals surface area contributed by atoms with Crippen LogP contribution in [-0.2, 0) is 5.75 Å². The molecule has 0 spiro atoms. The smallest absolute Gasteiger partial charge is 0.335 e. The van der Waals surface area contributed by atoms with E-state index in [1.54, 1.807) is 18.2 Å². The number of aromatic nitrogens is 3. The van der Waals surface area contributed by atoms with Gasteiger partial charge in [0.15, 0.2) is 5.82 Å². The third-order valence-electron chi connectivity index (χ3n) is 3.65. The molecule has 2 aromatic rings. The van der Waals surface area contributed by atoms with E-state index in [0.29, 0.717) is 16.5 Å². The van der Waals surface area contributed by atoms with Crippen molar-refractivity contribution in [3.63, 3.8) is 0 Å². The third-order valence-corrected chi connectivity index (χ3v) is 4.64. The van der Waals surface area contributed by atoms with Crippen LogP contribution >= 0.6 is 11.8 Å². The molecule has 2 rings (SSSR count). The lowest BCUT2D eigenvalue weighted by Gasteiger charge is -2.11. The molecule has 1 aromatic carbocycles.